The molecule has 5 heterocycles. The Labute approximate surface area is 235 Å². The van der Waals surface area contributed by atoms with E-state index >= 15 is 0 Å². The first kappa shape index (κ1) is 25.2. The smallest absolute Gasteiger partial charge is 0.259 e. The summed E-state index contributed by atoms with van der Waals surface area (Å²) in [6.07, 6.45) is 10.4. The summed E-state index contributed by atoms with van der Waals surface area (Å²) in [6.45, 7) is 5.08. The summed E-state index contributed by atoms with van der Waals surface area (Å²) in [4.78, 5) is 32.9. The molecule has 3 aromatic heterocycles. The molecule has 0 radical (unpaired) electrons. The van der Waals surface area contributed by atoms with Crippen molar-refractivity contribution in [3.05, 3.63) is 59.3 Å². The van der Waals surface area contributed by atoms with Gasteiger partial charge in [-0.3, -0.25) is 24.2 Å². The molecule has 2 fully saturated rings. The highest BCUT2D eigenvalue weighted by molar-refractivity contribution is 6.34. The predicted octanol–water partition coefficient (Wildman–Crippen LogP) is 3.59. The molecular weight excluding hydrogens is 530 g/mol. The lowest BCUT2D eigenvalue weighted by atomic mass is 10.1. The van der Waals surface area contributed by atoms with Gasteiger partial charge in [-0.25, -0.2) is 4.52 Å². The first-order valence-corrected chi connectivity index (χ1v) is 14.1. The van der Waals surface area contributed by atoms with Crippen molar-refractivity contribution in [1.82, 2.24) is 34.6 Å². The summed E-state index contributed by atoms with van der Waals surface area (Å²) in [5.74, 6) is 0.292. The molecule has 12 heteroatoms. The fourth-order valence-electron chi connectivity index (χ4n) is 6.33. The zero-order valence-corrected chi connectivity index (χ0v) is 22.9. The zero-order chi connectivity index (χ0) is 27.4. The Morgan fingerprint density at radius 3 is 2.88 bits per heavy atom. The Morgan fingerprint density at radius 1 is 1.15 bits per heavy atom. The van der Waals surface area contributed by atoms with Gasteiger partial charge < -0.3 is 16.0 Å². The maximum absolute atomic E-state index is 13.3. The molecule has 1 aromatic carbocycles. The average molecular weight is 560 g/mol. The van der Waals surface area contributed by atoms with Gasteiger partial charge >= 0.3 is 0 Å². The number of aromatic nitrogens is 5. The van der Waals surface area contributed by atoms with E-state index < -0.39 is 0 Å². The summed E-state index contributed by atoms with van der Waals surface area (Å²) in [7, 11) is 0. The lowest BCUT2D eigenvalue weighted by molar-refractivity contribution is -0.117. The molecule has 2 bridgehead atoms. The van der Waals surface area contributed by atoms with Gasteiger partial charge in [-0.1, -0.05) is 11.6 Å². The maximum atomic E-state index is 13.3. The molecule has 1 saturated carbocycles. The summed E-state index contributed by atoms with van der Waals surface area (Å²) < 4.78 is 3.67. The van der Waals surface area contributed by atoms with Gasteiger partial charge in [0.25, 0.3) is 5.91 Å². The fraction of sp³-hybridized carbons (Fsp3) is 0.393. The molecule has 2 amide bonds. The predicted molar refractivity (Wildman–Crippen MR) is 151 cm³/mol. The summed E-state index contributed by atoms with van der Waals surface area (Å²) in [5.41, 5.74) is 4.65. The van der Waals surface area contributed by atoms with Gasteiger partial charge in [0.1, 0.15) is 0 Å². The standard InChI is InChI=1S/C28H30ClN9O2/c1-16-8-30-11-26-20(9-33-38(16)26)24-14-37-25(12-31-24)21(10-32-37)28(40)35-23-7-18(3-5-22(23)29)34-27(39)15-36-13-17-2-4-19(36)6-17/h3,5,7,9-10,12,14,16-17,19,30H,2,4,6,8,11,13,15H2,1H3,(H,34,39)(H,35,40). The number of nitrogens with zero attached hydrogens (tertiary/aromatic N) is 6. The Kier molecular flexibility index (Phi) is 6.29. The van der Waals surface area contributed by atoms with Crippen molar-refractivity contribution in [2.45, 2.75) is 44.8 Å². The summed E-state index contributed by atoms with van der Waals surface area (Å²) in [5, 5.41) is 18.5. The molecule has 1 aliphatic carbocycles. The van der Waals surface area contributed by atoms with Gasteiger partial charge in [-0.15, -0.1) is 0 Å². The van der Waals surface area contributed by atoms with Crippen LogP contribution in [0.2, 0.25) is 5.02 Å². The van der Waals surface area contributed by atoms with Crippen molar-refractivity contribution in [3.8, 4) is 11.3 Å². The topological polar surface area (TPSA) is 121 Å². The van der Waals surface area contributed by atoms with Crippen molar-refractivity contribution in [1.29, 1.82) is 0 Å². The van der Waals surface area contributed by atoms with Gasteiger partial charge in [-0.05, 0) is 50.3 Å². The first-order valence-electron chi connectivity index (χ1n) is 13.7. The van der Waals surface area contributed by atoms with Crippen molar-refractivity contribution in [2.24, 2.45) is 5.92 Å². The molecule has 3 atom stereocenters. The second kappa shape index (κ2) is 9.99. The number of rotatable bonds is 6. The van der Waals surface area contributed by atoms with Crippen LogP contribution in [0.1, 0.15) is 48.3 Å². The van der Waals surface area contributed by atoms with Crippen LogP contribution in [0.3, 0.4) is 0 Å². The van der Waals surface area contributed by atoms with Gasteiger partial charge in [-0.2, -0.15) is 10.2 Å². The van der Waals surface area contributed by atoms with Crippen LogP contribution >= 0.6 is 11.6 Å². The van der Waals surface area contributed by atoms with E-state index in [0.717, 1.165) is 36.0 Å². The maximum Gasteiger partial charge on any atom is 0.259 e. The number of hydrogen-bond acceptors (Lipinski definition) is 7. The molecule has 40 heavy (non-hydrogen) atoms. The van der Waals surface area contributed by atoms with Crippen LogP contribution in [0.25, 0.3) is 16.8 Å². The lowest BCUT2D eigenvalue weighted by Crippen LogP contribution is -2.38. The zero-order valence-electron chi connectivity index (χ0n) is 22.1. The van der Waals surface area contributed by atoms with Gasteiger partial charge in [0, 0.05) is 36.9 Å². The largest absolute Gasteiger partial charge is 0.325 e. The molecule has 3 N–H and O–H groups in total. The number of halogens is 1. The van der Waals surface area contributed by atoms with E-state index in [-0.39, 0.29) is 17.9 Å². The number of nitrogens with one attached hydrogen (secondary N) is 3. The number of hydrogen-bond donors (Lipinski definition) is 3. The van der Waals surface area contributed by atoms with Crippen LogP contribution in [-0.2, 0) is 11.3 Å². The molecule has 1 saturated heterocycles. The lowest BCUT2D eigenvalue weighted by Gasteiger charge is -2.25. The Morgan fingerprint density at radius 2 is 2.05 bits per heavy atom. The molecule has 3 aliphatic rings. The van der Waals surface area contributed by atoms with Gasteiger partial charge in [0.15, 0.2) is 0 Å². The van der Waals surface area contributed by atoms with E-state index in [4.69, 9.17) is 11.6 Å². The van der Waals surface area contributed by atoms with E-state index in [0.29, 0.717) is 46.6 Å². The summed E-state index contributed by atoms with van der Waals surface area (Å²) >= 11 is 6.40. The van der Waals surface area contributed by atoms with Crippen molar-refractivity contribution in [3.63, 3.8) is 0 Å². The minimum Gasteiger partial charge on any atom is -0.325 e. The number of anilines is 2. The van der Waals surface area contributed by atoms with Crippen LogP contribution in [0.4, 0.5) is 11.4 Å². The van der Waals surface area contributed by atoms with Crippen molar-refractivity contribution in [2.75, 3.05) is 30.3 Å². The molecular formula is C28H30ClN9O2. The van der Waals surface area contributed by atoms with Gasteiger partial charge in [0.2, 0.25) is 5.91 Å². The quantitative estimate of drug-likeness (QED) is 0.330. The van der Waals surface area contributed by atoms with Crippen LogP contribution in [0.5, 0.6) is 0 Å². The minimum absolute atomic E-state index is 0.0680. The molecule has 2 aliphatic heterocycles. The molecule has 206 valence electrons. The highest BCUT2D eigenvalue weighted by Gasteiger charge is 2.38. The second-order valence-corrected chi connectivity index (χ2v) is 11.5. The Balaban J connectivity index is 1.06. The Hall–Kier alpha value is -3.80. The first-order chi connectivity index (χ1) is 19.4. The second-order valence-electron chi connectivity index (χ2n) is 11.0. The third kappa shape index (κ3) is 4.53. The van der Waals surface area contributed by atoms with Crippen LogP contribution < -0.4 is 16.0 Å². The van der Waals surface area contributed by atoms with Crippen LogP contribution in [0, 0.1) is 5.92 Å². The normalized spacial score (nSPS) is 22.0. The third-order valence-corrected chi connectivity index (χ3v) is 8.67. The van der Waals surface area contributed by atoms with Crippen LogP contribution in [0.15, 0.2) is 43.0 Å². The van der Waals surface area contributed by atoms with E-state index in [9.17, 15) is 9.59 Å². The number of carbonyl (C=O) groups is 2. The monoisotopic (exact) mass is 559 g/mol. The molecule has 3 unspecified atom stereocenters. The summed E-state index contributed by atoms with van der Waals surface area (Å²) in [6, 6.07) is 5.86. The van der Waals surface area contributed by atoms with E-state index in [1.165, 1.54) is 25.5 Å². The molecule has 7 rings (SSSR count). The minimum atomic E-state index is -0.371. The van der Waals surface area contributed by atoms with Crippen molar-refractivity contribution < 1.29 is 9.59 Å². The SMILES string of the molecule is CC1CNCc2c(-c3cn4ncc(C(=O)Nc5cc(NC(=O)CN6CC7CCC6C7)ccc5Cl)c4cn3)cnn21. The molecule has 4 aromatic rings. The highest BCUT2D eigenvalue weighted by Crippen LogP contribution is 2.37. The average Bonchev–Trinajstić information content (AvgIpc) is 3.74. The fourth-order valence-corrected chi connectivity index (χ4v) is 6.50. The van der Waals surface area contributed by atoms with Crippen molar-refractivity contribution >= 4 is 40.3 Å². The highest BCUT2D eigenvalue weighted by atomic mass is 35.5. The van der Waals surface area contributed by atoms with E-state index in [1.807, 2.05) is 10.9 Å². The number of amides is 2. The number of carbonyl (C=O) groups excluding carboxylic acids is 2. The van der Waals surface area contributed by atoms with E-state index in [1.54, 1.807) is 35.1 Å². The number of likely N-dealkylation sites (tertiary alicyclic amines) is 1. The van der Waals surface area contributed by atoms with Crippen LogP contribution in [-0.4, -0.2) is 66.8 Å². The number of benzene rings is 1. The third-order valence-electron chi connectivity index (χ3n) is 8.34. The van der Waals surface area contributed by atoms with Gasteiger partial charge in [0.05, 0.1) is 70.6 Å². The number of piperidine rings is 1. The number of fused-ring (bicyclic) bond motifs is 4. The Bertz CT molecular complexity index is 1630. The molecule has 0 spiro atoms. The van der Waals surface area contributed by atoms with E-state index in [2.05, 4.69) is 43.0 Å². The molecule has 11 nitrogen and oxygen atoms in total.